The lowest BCUT2D eigenvalue weighted by atomic mass is 9.79. The highest BCUT2D eigenvalue weighted by Crippen LogP contribution is 2.43. The summed E-state index contributed by atoms with van der Waals surface area (Å²) in [6.45, 7) is 3.44. The smallest absolute Gasteiger partial charge is 0.138 e. The number of aryl methyl sites for hydroxylation is 1. The van der Waals surface area contributed by atoms with E-state index in [0.717, 1.165) is 51.7 Å². The van der Waals surface area contributed by atoms with Crippen LogP contribution in [0.15, 0.2) is 6.33 Å². The lowest BCUT2D eigenvalue weighted by Gasteiger charge is -2.43. The van der Waals surface area contributed by atoms with Crippen LogP contribution in [0.1, 0.15) is 32.1 Å². The van der Waals surface area contributed by atoms with Gasteiger partial charge in [0.1, 0.15) is 6.33 Å². The number of tetrazole rings is 1. The number of ether oxygens (including phenoxy) is 2. The summed E-state index contributed by atoms with van der Waals surface area (Å²) in [4.78, 5) is 2.53. The molecular formula is C15H27N5O3. The van der Waals surface area contributed by atoms with Gasteiger partial charge in [-0.05, 0) is 42.5 Å². The minimum absolute atomic E-state index is 0.0200. The van der Waals surface area contributed by atoms with E-state index < -0.39 is 0 Å². The molecule has 0 amide bonds. The van der Waals surface area contributed by atoms with Gasteiger partial charge < -0.3 is 14.6 Å². The fourth-order valence-electron chi connectivity index (χ4n) is 4.11. The van der Waals surface area contributed by atoms with Crippen LogP contribution >= 0.6 is 0 Å². The highest BCUT2D eigenvalue weighted by atomic mass is 16.5. The zero-order valence-corrected chi connectivity index (χ0v) is 13.8. The summed E-state index contributed by atoms with van der Waals surface area (Å²) in [7, 11) is 1.84. The average molecular weight is 325 g/mol. The van der Waals surface area contributed by atoms with Gasteiger partial charge in [-0.2, -0.15) is 0 Å². The van der Waals surface area contributed by atoms with Crippen LogP contribution in [0, 0.1) is 0 Å². The minimum atomic E-state index is -0.0200. The number of hydrogen-bond donors (Lipinski definition) is 1. The standard InChI is InChI=1S/C15H27N5O3/c1-22-15-4-3-13(23-10-9-21)11-14(15)19(8-5-15)6-2-7-20-12-16-17-18-20/h12-14,21H,2-11H2,1H3/t13-,14+,15-/m0/s1. The van der Waals surface area contributed by atoms with Gasteiger partial charge in [-0.15, -0.1) is 5.10 Å². The second kappa shape index (κ2) is 7.65. The molecule has 0 bridgehead atoms. The largest absolute Gasteiger partial charge is 0.394 e. The maximum absolute atomic E-state index is 8.96. The molecule has 0 radical (unpaired) electrons. The Balaban J connectivity index is 1.55. The van der Waals surface area contributed by atoms with Crippen molar-refractivity contribution in [3.8, 4) is 0 Å². The van der Waals surface area contributed by atoms with Gasteiger partial charge in [0.05, 0.1) is 24.9 Å². The molecule has 23 heavy (non-hydrogen) atoms. The van der Waals surface area contributed by atoms with E-state index in [9.17, 15) is 0 Å². The maximum Gasteiger partial charge on any atom is 0.138 e. The van der Waals surface area contributed by atoms with Crippen LogP contribution in [0.25, 0.3) is 0 Å². The summed E-state index contributed by atoms with van der Waals surface area (Å²) >= 11 is 0. The third-order valence-electron chi connectivity index (χ3n) is 5.32. The van der Waals surface area contributed by atoms with Gasteiger partial charge in [-0.3, -0.25) is 4.90 Å². The average Bonchev–Trinajstić information content (AvgIpc) is 3.21. The van der Waals surface area contributed by atoms with Crippen LogP contribution < -0.4 is 0 Å². The first-order valence-electron chi connectivity index (χ1n) is 8.50. The molecule has 2 heterocycles. The molecule has 3 atom stereocenters. The van der Waals surface area contributed by atoms with Crippen molar-refractivity contribution in [2.75, 3.05) is 33.4 Å². The normalized spacial score (nSPS) is 31.4. The van der Waals surface area contributed by atoms with E-state index in [1.807, 2.05) is 7.11 Å². The van der Waals surface area contributed by atoms with Crippen LogP contribution in [0.2, 0.25) is 0 Å². The van der Waals surface area contributed by atoms with E-state index >= 15 is 0 Å². The van der Waals surface area contributed by atoms with Gasteiger partial charge in [0.25, 0.3) is 0 Å². The van der Waals surface area contributed by atoms with E-state index in [1.54, 1.807) is 11.0 Å². The first-order chi connectivity index (χ1) is 11.3. The van der Waals surface area contributed by atoms with Gasteiger partial charge in [0.15, 0.2) is 0 Å². The second-order valence-electron chi connectivity index (χ2n) is 6.49. The summed E-state index contributed by atoms with van der Waals surface area (Å²) in [5, 5.41) is 20.2. The van der Waals surface area contributed by atoms with Crippen LogP contribution in [0.4, 0.5) is 0 Å². The van der Waals surface area contributed by atoms with E-state index in [4.69, 9.17) is 14.6 Å². The number of methoxy groups -OCH3 is 1. The van der Waals surface area contributed by atoms with Crippen LogP contribution in [-0.4, -0.2) is 81.4 Å². The summed E-state index contributed by atoms with van der Waals surface area (Å²) in [6, 6.07) is 0.402. The topological polar surface area (TPSA) is 85.5 Å². The molecule has 130 valence electrons. The van der Waals surface area contributed by atoms with Crippen molar-refractivity contribution in [3.63, 3.8) is 0 Å². The molecule has 3 rings (SSSR count). The quantitative estimate of drug-likeness (QED) is 0.724. The molecule has 1 aromatic rings. The zero-order chi connectivity index (χ0) is 16.1. The Morgan fingerprint density at radius 3 is 3.00 bits per heavy atom. The maximum atomic E-state index is 8.96. The molecule has 8 heteroatoms. The fraction of sp³-hybridized carbons (Fsp3) is 0.933. The molecule has 2 aliphatic rings. The Morgan fingerprint density at radius 1 is 1.35 bits per heavy atom. The highest BCUT2D eigenvalue weighted by molar-refractivity contribution is 5.05. The Kier molecular flexibility index (Phi) is 5.58. The summed E-state index contributed by atoms with van der Waals surface area (Å²) in [5.41, 5.74) is -0.0200. The molecular weight excluding hydrogens is 298 g/mol. The van der Waals surface area contributed by atoms with Crippen molar-refractivity contribution < 1.29 is 14.6 Å². The van der Waals surface area contributed by atoms with Gasteiger partial charge >= 0.3 is 0 Å². The lowest BCUT2D eigenvalue weighted by Crippen LogP contribution is -2.52. The molecule has 1 aromatic heterocycles. The Labute approximate surface area is 136 Å². The van der Waals surface area contributed by atoms with Crippen LogP contribution in [-0.2, 0) is 16.0 Å². The molecule has 0 aromatic carbocycles. The van der Waals surface area contributed by atoms with E-state index in [2.05, 4.69) is 20.4 Å². The van der Waals surface area contributed by atoms with Gasteiger partial charge in [0, 0.05) is 32.8 Å². The Bertz CT molecular complexity index is 472. The van der Waals surface area contributed by atoms with Crippen LogP contribution in [0.5, 0.6) is 0 Å². The lowest BCUT2D eigenvalue weighted by molar-refractivity contribution is -0.103. The molecule has 1 saturated carbocycles. The van der Waals surface area contributed by atoms with E-state index in [1.165, 1.54) is 0 Å². The third-order valence-corrected chi connectivity index (χ3v) is 5.32. The second-order valence-corrected chi connectivity index (χ2v) is 6.49. The van der Waals surface area contributed by atoms with Crippen molar-refractivity contribution in [2.45, 2.75) is 56.4 Å². The third kappa shape index (κ3) is 3.71. The molecule has 1 aliphatic carbocycles. The van der Waals surface area contributed by atoms with Gasteiger partial charge in [0.2, 0.25) is 0 Å². The number of likely N-dealkylation sites (tertiary alicyclic amines) is 1. The minimum Gasteiger partial charge on any atom is -0.394 e. The number of nitrogens with zero attached hydrogens (tertiary/aromatic N) is 5. The number of hydrogen-bond acceptors (Lipinski definition) is 7. The SMILES string of the molecule is CO[C@]12CC[C@H](OCCO)C[C@H]1N(CCCn1cnnn1)CC2. The molecule has 8 nitrogen and oxygen atoms in total. The van der Waals surface area contributed by atoms with Crippen molar-refractivity contribution >= 4 is 0 Å². The summed E-state index contributed by atoms with van der Waals surface area (Å²) in [5.74, 6) is 0. The molecule has 2 fully saturated rings. The van der Waals surface area contributed by atoms with Crippen molar-refractivity contribution in [2.24, 2.45) is 0 Å². The van der Waals surface area contributed by atoms with Crippen LogP contribution in [0.3, 0.4) is 0 Å². The monoisotopic (exact) mass is 325 g/mol. The first-order valence-corrected chi connectivity index (χ1v) is 8.50. The predicted molar refractivity (Wildman–Crippen MR) is 82.8 cm³/mol. The van der Waals surface area contributed by atoms with Gasteiger partial charge in [-0.25, -0.2) is 4.68 Å². The molecule has 0 unspecified atom stereocenters. The number of aliphatic hydroxyl groups is 1. The highest BCUT2D eigenvalue weighted by Gasteiger charge is 2.50. The van der Waals surface area contributed by atoms with E-state index in [-0.39, 0.29) is 18.3 Å². The summed E-state index contributed by atoms with van der Waals surface area (Å²) < 4.78 is 13.5. The molecule has 1 N–H and O–H groups in total. The fourth-order valence-corrected chi connectivity index (χ4v) is 4.11. The van der Waals surface area contributed by atoms with Crippen molar-refractivity contribution in [3.05, 3.63) is 6.33 Å². The Hall–Kier alpha value is -1.09. The predicted octanol–water partition coefficient (Wildman–Crippen LogP) is 0.0841. The Morgan fingerprint density at radius 2 is 2.26 bits per heavy atom. The number of rotatable bonds is 8. The summed E-state index contributed by atoms with van der Waals surface area (Å²) in [6.07, 6.45) is 7.03. The molecule has 1 saturated heterocycles. The van der Waals surface area contributed by atoms with Crippen molar-refractivity contribution in [1.82, 2.24) is 25.1 Å². The van der Waals surface area contributed by atoms with Gasteiger partial charge in [-0.1, -0.05) is 0 Å². The molecule has 1 aliphatic heterocycles. The van der Waals surface area contributed by atoms with Crippen molar-refractivity contribution in [1.29, 1.82) is 0 Å². The number of aromatic nitrogens is 4. The number of aliphatic hydroxyl groups excluding tert-OH is 1. The van der Waals surface area contributed by atoms with E-state index in [0.29, 0.717) is 12.6 Å². The zero-order valence-electron chi connectivity index (χ0n) is 13.8. The first kappa shape index (κ1) is 16.8. The molecule has 0 spiro atoms. The number of fused-ring (bicyclic) bond motifs is 1.